The molecule has 0 unspecified atom stereocenters. The van der Waals surface area contributed by atoms with E-state index in [1.165, 1.54) is 11.9 Å². The minimum atomic E-state index is -0.483. The van der Waals surface area contributed by atoms with Crippen LogP contribution in [0.2, 0.25) is 0 Å². The fraction of sp³-hybridized carbons (Fsp3) is 0.524. The topological polar surface area (TPSA) is 90.6 Å². The molecule has 0 aliphatic carbocycles. The van der Waals surface area contributed by atoms with Crippen LogP contribution in [0, 0.1) is 12.3 Å². The molecule has 1 aromatic heterocycles. The van der Waals surface area contributed by atoms with Crippen LogP contribution in [0.5, 0.6) is 0 Å². The number of benzene rings is 1. The zero-order valence-corrected chi connectivity index (χ0v) is 16.7. The molecular formula is C21H27N5O3. The molecule has 4 rings (SSSR count). The van der Waals surface area contributed by atoms with Crippen molar-refractivity contribution in [1.29, 1.82) is 0 Å². The molecule has 1 amide bonds. The summed E-state index contributed by atoms with van der Waals surface area (Å²) >= 11 is 0. The predicted molar refractivity (Wildman–Crippen MR) is 107 cm³/mol. The summed E-state index contributed by atoms with van der Waals surface area (Å²) in [6, 6.07) is 8.30. The number of hydrogen-bond donors (Lipinski definition) is 1. The number of amides is 1. The largest absolute Gasteiger partial charge is 0.392 e. The summed E-state index contributed by atoms with van der Waals surface area (Å²) in [5.74, 6) is 0.0632. The smallest absolute Gasteiger partial charge is 0.226 e. The quantitative estimate of drug-likeness (QED) is 0.773. The Kier molecular flexibility index (Phi) is 5.89. The van der Waals surface area contributed by atoms with E-state index in [-0.39, 0.29) is 12.0 Å². The minimum Gasteiger partial charge on any atom is -0.392 e. The van der Waals surface area contributed by atoms with E-state index in [1.54, 1.807) is 11.0 Å². The second-order valence-electron chi connectivity index (χ2n) is 7.85. The van der Waals surface area contributed by atoms with Gasteiger partial charge in [0.1, 0.15) is 18.8 Å². The van der Waals surface area contributed by atoms with Crippen LogP contribution in [-0.2, 0) is 20.9 Å². The average molecular weight is 397 g/mol. The first kappa shape index (κ1) is 19.6. The molecule has 8 nitrogen and oxygen atoms in total. The van der Waals surface area contributed by atoms with Crippen molar-refractivity contribution < 1.29 is 14.4 Å². The van der Waals surface area contributed by atoms with Gasteiger partial charge < -0.3 is 14.9 Å². The van der Waals surface area contributed by atoms with Crippen molar-refractivity contribution in [3.8, 4) is 0 Å². The van der Waals surface area contributed by atoms with Gasteiger partial charge >= 0.3 is 0 Å². The number of nitrogens with one attached hydrogen (secondary N) is 1. The van der Waals surface area contributed by atoms with Crippen molar-refractivity contribution in [2.75, 3.05) is 19.8 Å². The van der Waals surface area contributed by atoms with E-state index in [0.717, 1.165) is 17.7 Å². The second kappa shape index (κ2) is 8.73. The number of carbonyl (C=O) groups excluding carboxylic acids is 1. The molecule has 8 heteroatoms. The van der Waals surface area contributed by atoms with Gasteiger partial charge in [-0.15, -0.1) is 0 Å². The van der Waals surface area contributed by atoms with Crippen molar-refractivity contribution in [2.24, 2.45) is 10.6 Å². The van der Waals surface area contributed by atoms with Gasteiger partial charge in [-0.2, -0.15) is 5.10 Å². The van der Waals surface area contributed by atoms with Gasteiger partial charge in [-0.25, -0.2) is 4.98 Å². The van der Waals surface area contributed by atoms with Crippen LogP contribution in [0.4, 0.5) is 0 Å². The lowest BCUT2D eigenvalue weighted by atomic mass is 9.74. The van der Waals surface area contributed by atoms with E-state index in [2.05, 4.69) is 51.7 Å². The second-order valence-corrected chi connectivity index (χ2v) is 7.85. The Bertz CT molecular complexity index is 842. The molecule has 2 aliphatic heterocycles. The fourth-order valence-corrected chi connectivity index (χ4v) is 4.00. The fourth-order valence-electron chi connectivity index (χ4n) is 4.00. The van der Waals surface area contributed by atoms with E-state index in [1.807, 2.05) is 0 Å². The van der Waals surface area contributed by atoms with Crippen molar-refractivity contribution in [3.05, 3.63) is 48.0 Å². The van der Waals surface area contributed by atoms with Crippen molar-refractivity contribution in [2.45, 2.75) is 45.3 Å². The molecular weight excluding hydrogens is 370 g/mol. The number of carbonyl (C=O) groups is 1. The van der Waals surface area contributed by atoms with Crippen LogP contribution in [0.3, 0.4) is 0 Å². The molecule has 2 aromatic rings. The molecule has 0 spiro atoms. The third-order valence-corrected chi connectivity index (χ3v) is 5.76. The number of hydrogen-bond acceptors (Lipinski definition) is 6. The van der Waals surface area contributed by atoms with Crippen LogP contribution in [0.25, 0.3) is 0 Å². The summed E-state index contributed by atoms with van der Waals surface area (Å²) in [5, 5.41) is 11.5. The normalized spacial score (nSPS) is 20.7. The van der Waals surface area contributed by atoms with Gasteiger partial charge in [0.05, 0.1) is 17.7 Å². The monoisotopic (exact) mass is 397 g/mol. The first-order valence-corrected chi connectivity index (χ1v) is 10.1. The average Bonchev–Trinajstić information content (AvgIpc) is 3.41. The number of ether oxygens (including phenoxy) is 1. The summed E-state index contributed by atoms with van der Waals surface area (Å²) in [6.45, 7) is 4.36. The summed E-state index contributed by atoms with van der Waals surface area (Å²) in [7, 11) is 0. The van der Waals surface area contributed by atoms with Gasteiger partial charge in [-0.3, -0.25) is 9.48 Å². The highest BCUT2D eigenvalue weighted by atomic mass is 16.6. The van der Waals surface area contributed by atoms with Crippen LogP contribution in [0.15, 0.2) is 42.1 Å². The molecule has 0 bridgehead atoms. The SMILES string of the molecule is Cc1ccc(C2=NO[C@@H](CC3(C(=O)NCCn4cncn4)CCOCC3)C2)cc1. The lowest BCUT2D eigenvalue weighted by molar-refractivity contribution is -0.140. The van der Waals surface area contributed by atoms with Crippen LogP contribution in [0.1, 0.15) is 36.8 Å². The Balaban J connectivity index is 1.36. The van der Waals surface area contributed by atoms with Gasteiger partial charge in [0.2, 0.25) is 5.91 Å². The highest BCUT2D eigenvalue weighted by Crippen LogP contribution is 2.38. The third-order valence-electron chi connectivity index (χ3n) is 5.76. The van der Waals surface area contributed by atoms with Crippen molar-refractivity contribution in [3.63, 3.8) is 0 Å². The van der Waals surface area contributed by atoms with Crippen LogP contribution in [-0.4, -0.2) is 52.2 Å². The lowest BCUT2D eigenvalue weighted by Gasteiger charge is -2.36. The summed E-state index contributed by atoms with van der Waals surface area (Å²) < 4.78 is 7.24. The van der Waals surface area contributed by atoms with Gasteiger partial charge in [0.25, 0.3) is 0 Å². The number of oxime groups is 1. The standard InChI is InChI=1S/C21H27N5O3/c1-16-2-4-17(5-3-16)19-12-18(29-25-19)13-21(6-10-28-11-7-21)20(27)23-8-9-26-15-22-14-24-26/h2-5,14-15,18H,6-13H2,1H3,(H,23,27)/t18-/m1/s1. The van der Waals surface area contributed by atoms with Crippen LogP contribution < -0.4 is 5.32 Å². The molecule has 0 radical (unpaired) electrons. The highest BCUT2D eigenvalue weighted by molar-refractivity contribution is 6.01. The van der Waals surface area contributed by atoms with Gasteiger partial charge in [0, 0.05) is 32.6 Å². The van der Waals surface area contributed by atoms with Crippen molar-refractivity contribution in [1.82, 2.24) is 20.1 Å². The molecule has 1 saturated heterocycles. The molecule has 0 saturated carbocycles. The number of aryl methyl sites for hydroxylation is 1. The summed E-state index contributed by atoms with van der Waals surface area (Å²) in [5.41, 5.74) is 2.76. The zero-order chi connectivity index (χ0) is 20.1. The van der Waals surface area contributed by atoms with E-state index in [4.69, 9.17) is 9.57 Å². The zero-order valence-electron chi connectivity index (χ0n) is 16.7. The maximum Gasteiger partial charge on any atom is 0.226 e. The molecule has 1 aromatic carbocycles. The molecule has 1 atom stereocenters. The van der Waals surface area contributed by atoms with Gasteiger partial charge in [-0.05, 0) is 25.3 Å². The Morgan fingerprint density at radius 3 is 2.79 bits per heavy atom. The third kappa shape index (κ3) is 4.64. The van der Waals surface area contributed by atoms with E-state index < -0.39 is 5.41 Å². The molecule has 2 aliphatic rings. The van der Waals surface area contributed by atoms with E-state index in [9.17, 15) is 4.79 Å². The Labute approximate surface area is 170 Å². The molecule has 29 heavy (non-hydrogen) atoms. The highest BCUT2D eigenvalue weighted by Gasteiger charge is 2.43. The van der Waals surface area contributed by atoms with Gasteiger partial charge in [0.15, 0.2) is 0 Å². The maximum absolute atomic E-state index is 13.1. The number of rotatable bonds is 7. The van der Waals surface area contributed by atoms with E-state index in [0.29, 0.717) is 45.6 Å². The predicted octanol–water partition coefficient (Wildman–Crippen LogP) is 2.08. The molecule has 1 fully saturated rings. The lowest BCUT2D eigenvalue weighted by Crippen LogP contribution is -2.47. The first-order valence-electron chi connectivity index (χ1n) is 10.1. The van der Waals surface area contributed by atoms with E-state index >= 15 is 0 Å². The molecule has 1 N–H and O–H groups in total. The van der Waals surface area contributed by atoms with Crippen molar-refractivity contribution >= 4 is 11.6 Å². The Morgan fingerprint density at radius 1 is 1.28 bits per heavy atom. The van der Waals surface area contributed by atoms with Gasteiger partial charge in [-0.1, -0.05) is 35.0 Å². The Morgan fingerprint density at radius 2 is 2.07 bits per heavy atom. The number of aromatic nitrogens is 3. The molecule has 154 valence electrons. The Hall–Kier alpha value is -2.74. The summed E-state index contributed by atoms with van der Waals surface area (Å²) in [4.78, 5) is 22.8. The molecule has 3 heterocycles. The maximum atomic E-state index is 13.1. The first-order chi connectivity index (χ1) is 14.1. The van der Waals surface area contributed by atoms with Crippen LogP contribution >= 0.6 is 0 Å². The number of nitrogens with zero attached hydrogens (tertiary/aromatic N) is 4. The minimum absolute atomic E-state index is 0.0632. The summed E-state index contributed by atoms with van der Waals surface area (Å²) in [6.07, 6.45) is 5.80.